The van der Waals surface area contributed by atoms with Crippen LogP contribution in [0.1, 0.15) is 22.8 Å². The molecule has 29 heavy (non-hydrogen) atoms. The molecule has 2 aromatic heterocycles. The van der Waals surface area contributed by atoms with E-state index in [4.69, 9.17) is 16.3 Å². The Hall–Kier alpha value is -3.45. The number of fused-ring (bicyclic) bond motifs is 1. The van der Waals surface area contributed by atoms with Gasteiger partial charge in [-0.05, 0) is 36.8 Å². The van der Waals surface area contributed by atoms with Crippen molar-refractivity contribution in [1.82, 2.24) is 19.6 Å². The summed E-state index contributed by atoms with van der Waals surface area (Å²) in [6, 6.07) is 17.2. The minimum absolute atomic E-state index is 0.268. The van der Waals surface area contributed by atoms with Crippen molar-refractivity contribution in [2.24, 2.45) is 0 Å². The van der Waals surface area contributed by atoms with E-state index in [2.05, 4.69) is 20.4 Å². The van der Waals surface area contributed by atoms with E-state index < -0.39 is 5.97 Å². The molecule has 0 amide bonds. The Balaban J connectivity index is 1.79. The number of hydrogen-bond donors (Lipinski definition) is 1. The minimum atomic E-state index is -0.475. The van der Waals surface area contributed by atoms with Gasteiger partial charge in [0, 0.05) is 17.1 Å². The van der Waals surface area contributed by atoms with Gasteiger partial charge in [-0.1, -0.05) is 41.9 Å². The van der Waals surface area contributed by atoms with Crippen LogP contribution in [-0.2, 0) is 11.3 Å². The summed E-state index contributed by atoms with van der Waals surface area (Å²) in [5.41, 5.74) is 2.54. The topological polar surface area (TPSA) is 81.4 Å². The molecule has 0 spiro atoms. The molecule has 0 aliphatic carbocycles. The normalized spacial score (nSPS) is 10.8. The van der Waals surface area contributed by atoms with Gasteiger partial charge in [-0.25, -0.2) is 4.79 Å². The molecule has 0 unspecified atom stereocenters. The molecule has 4 aromatic rings. The summed E-state index contributed by atoms with van der Waals surface area (Å²) in [5.74, 6) is 0.451. The number of carbonyl (C=O) groups is 1. The summed E-state index contributed by atoms with van der Waals surface area (Å²) in [7, 11) is 0. The Bertz CT molecular complexity index is 1140. The van der Waals surface area contributed by atoms with E-state index in [1.165, 1.54) is 10.7 Å². The average Bonchev–Trinajstić information content (AvgIpc) is 3.17. The van der Waals surface area contributed by atoms with Crippen LogP contribution >= 0.6 is 11.6 Å². The molecule has 7 nitrogen and oxygen atoms in total. The highest BCUT2D eigenvalue weighted by molar-refractivity contribution is 6.30. The van der Waals surface area contributed by atoms with Crippen molar-refractivity contribution in [2.75, 3.05) is 11.9 Å². The van der Waals surface area contributed by atoms with Crippen LogP contribution in [0.25, 0.3) is 17.0 Å². The smallest absolute Gasteiger partial charge is 0.343 e. The number of benzene rings is 2. The quantitative estimate of drug-likeness (QED) is 0.481. The number of carbonyl (C=O) groups excluding carboxylic acids is 1. The minimum Gasteiger partial charge on any atom is -0.462 e. The first-order chi connectivity index (χ1) is 14.2. The monoisotopic (exact) mass is 407 g/mol. The maximum absolute atomic E-state index is 12.3. The van der Waals surface area contributed by atoms with Crippen molar-refractivity contribution >= 4 is 29.2 Å². The summed E-state index contributed by atoms with van der Waals surface area (Å²) >= 11 is 6.02. The Morgan fingerprint density at radius 3 is 2.59 bits per heavy atom. The van der Waals surface area contributed by atoms with Crippen LogP contribution in [0.5, 0.6) is 0 Å². The highest BCUT2D eigenvalue weighted by atomic mass is 35.5. The number of nitrogens with zero attached hydrogens (tertiary/aromatic N) is 4. The van der Waals surface area contributed by atoms with Crippen LogP contribution in [-0.4, -0.2) is 32.2 Å². The molecule has 2 heterocycles. The lowest BCUT2D eigenvalue weighted by Crippen LogP contribution is -2.10. The van der Waals surface area contributed by atoms with Crippen LogP contribution < -0.4 is 5.32 Å². The predicted molar refractivity (Wildman–Crippen MR) is 111 cm³/mol. The van der Waals surface area contributed by atoms with Gasteiger partial charge in [-0.2, -0.15) is 19.6 Å². The molecule has 0 bridgehead atoms. The molecule has 4 rings (SSSR count). The maximum Gasteiger partial charge on any atom is 0.343 e. The summed E-state index contributed by atoms with van der Waals surface area (Å²) in [5, 5.41) is 8.15. The van der Waals surface area contributed by atoms with Crippen LogP contribution in [0.2, 0.25) is 5.02 Å². The Morgan fingerprint density at radius 2 is 1.86 bits per heavy atom. The third-order valence-corrected chi connectivity index (χ3v) is 4.51. The van der Waals surface area contributed by atoms with Crippen LogP contribution in [0.4, 0.5) is 5.95 Å². The second-order valence-corrected chi connectivity index (χ2v) is 6.67. The van der Waals surface area contributed by atoms with Gasteiger partial charge in [0.15, 0.2) is 11.5 Å². The SMILES string of the molecule is CCOC(=O)c1cnn2c(-c3ccc(Cl)cc3)nc(NCc3ccccc3)nc12. The van der Waals surface area contributed by atoms with Gasteiger partial charge in [0.25, 0.3) is 0 Å². The van der Waals surface area contributed by atoms with E-state index in [0.29, 0.717) is 29.0 Å². The molecule has 0 saturated heterocycles. The van der Waals surface area contributed by atoms with E-state index in [9.17, 15) is 4.79 Å². The van der Waals surface area contributed by atoms with E-state index in [0.717, 1.165) is 11.1 Å². The second kappa shape index (κ2) is 8.28. The van der Waals surface area contributed by atoms with Crippen molar-refractivity contribution in [3.05, 3.63) is 76.9 Å². The van der Waals surface area contributed by atoms with Crippen molar-refractivity contribution in [1.29, 1.82) is 0 Å². The predicted octanol–water partition coefficient (Wildman–Crippen LogP) is 4.23. The molecular weight excluding hydrogens is 390 g/mol. The first-order valence-corrected chi connectivity index (χ1v) is 9.50. The molecule has 0 fully saturated rings. The fourth-order valence-electron chi connectivity index (χ4n) is 2.87. The molecule has 0 aliphatic rings. The maximum atomic E-state index is 12.3. The van der Waals surface area contributed by atoms with E-state index in [1.54, 1.807) is 19.1 Å². The largest absolute Gasteiger partial charge is 0.462 e. The number of ether oxygens (including phenoxy) is 1. The molecule has 8 heteroatoms. The Labute approximate surface area is 172 Å². The highest BCUT2D eigenvalue weighted by Crippen LogP contribution is 2.23. The summed E-state index contributed by atoms with van der Waals surface area (Å²) < 4.78 is 6.67. The zero-order valence-corrected chi connectivity index (χ0v) is 16.4. The Morgan fingerprint density at radius 1 is 1.10 bits per heavy atom. The molecule has 2 aromatic carbocycles. The van der Waals surface area contributed by atoms with Gasteiger partial charge in [-0.15, -0.1) is 0 Å². The Kier molecular flexibility index (Phi) is 5.39. The van der Waals surface area contributed by atoms with Crippen molar-refractivity contribution in [2.45, 2.75) is 13.5 Å². The van der Waals surface area contributed by atoms with Gasteiger partial charge in [0.05, 0.1) is 12.8 Å². The summed E-state index contributed by atoms with van der Waals surface area (Å²) in [4.78, 5) is 21.5. The van der Waals surface area contributed by atoms with Crippen molar-refractivity contribution < 1.29 is 9.53 Å². The number of aromatic nitrogens is 4. The fraction of sp³-hybridized carbons (Fsp3) is 0.143. The van der Waals surface area contributed by atoms with Gasteiger partial charge < -0.3 is 10.1 Å². The number of halogens is 1. The second-order valence-electron chi connectivity index (χ2n) is 6.23. The highest BCUT2D eigenvalue weighted by Gasteiger charge is 2.19. The van der Waals surface area contributed by atoms with E-state index in [1.807, 2.05) is 42.5 Å². The summed E-state index contributed by atoms with van der Waals surface area (Å²) in [6.07, 6.45) is 1.45. The number of esters is 1. The van der Waals surface area contributed by atoms with Crippen molar-refractivity contribution in [3.8, 4) is 11.4 Å². The molecular formula is C21H18ClN5O2. The van der Waals surface area contributed by atoms with E-state index >= 15 is 0 Å². The van der Waals surface area contributed by atoms with Gasteiger partial charge >= 0.3 is 5.97 Å². The zero-order valence-electron chi connectivity index (χ0n) is 15.7. The summed E-state index contributed by atoms with van der Waals surface area (Å²) in [6.45, 7) is 2.56. The number of rotatable bonds is 6. The molecule has 0 aliphatic heterocycles. The third kappa shape index (κ3) is 4.05. The zero-order chi connectivity index (χ0) is 20.2. The molecule has 146 valence electrons. The number of hydrogen-bond acceptors (Lipinski definition) is 6. The van der Waals surface area contributed by atoms with Crippen LogP contribution in [0.15, 0.2) is 60.8 Å². The first-order valence-electron chi connectivity index (χ1n) is 9.12. The number of anilines is 1. The standard InChI is InChI=1S/C21H18ClN5O2/c1-2-29-20(28)17-13-24-27-18(15-8-10-16(22)11-9-15)25-21(26-19(17)27)23-12-14-6-4-3-5-7-14/h3-11,13H,2,12H2,1H3,(H,23,26). The molecule has 1 N–H and O–H groups in total. The lowest BCUT2D eigenvalue weighted by atomic mass is 10.2. The first kappa shape index (κ1) is 18.9. The molecule has 0 radical (unpaired) electrons. The van der Waals surface area contributed by atoms with Crippen LogP contribution in [0, 0.1) is 0 Å². The fourth-order valence-corrected chi connectivity index (χ4v) is 3.00. The van der Waals surface area contributed by atoms with Crippen molar-refractivity contribution in [3.63, 3.8) is 0 Å². The van der Waals surface area contributed by atoms with Gasteiger partial charge in [0.2, 0.25) is 5.95 Å². The van der Waals surface area contributed by atoms with E-state index in [-0.39, 0.29) is 12.2 Å². The molecule has 0 atom stereocenters. The average molecular weight is 408 g/mol. The van der Waals surface area contributed by atoms with Gasteiger partial charge in [0.1, 0.15) is 5.56 Å². The number of nitrogens with one attached hydrogen (secondary N) is 1. The molecule has 0 saturated carbocycles. The third-order valence-electron chi connectivity index (χ3n) is 4.26. The lowest BCUT2D eigenvalue weighted by molar-refractivity contribution is 0.0528. The lowest BCUT2D eigenvalue weighted by Gasteiger charge is -2.10. The van der Waals surface area contributed by atoms with Gasteiger partial charge in [-0.3, -0.25) is 0 Å². The van der Waals surface area contributed by atoms with Crippen LogP contribution in [0.3, 0.4) is 0 Å².